The van der Waals surface area contributed by atoms with Crippen molar-refractivity contribution in [3.8, 4) is 0 Å². The lowest BCUT2D eigenvalue weighted by atomic mass is 9.86. The number of hydrogen-bond donors (Lipinski definition) is 9. The molecule has 19 heteroatoms. The van der Waals surface area contributed by atoms with E-state index in [0.29, 0.717) is 11.0 Å². The predicted molar refractivity (Wildman–Crippen MR) is 172 cm³/mol. The van der Waals surface area contributed by atoms with Gasteiger partial charge in [-0.15, -0.1) is 0 Å². The molecule has 3 aliphatic rings. The fraction of sp³-hybridized carbons (Fsp3) is 1.00. The van der Waals surface area contributed by atoms with Crippen LogP contribution in [0.15, 0.2) is 0 Å². The molecule has 0 radical (unpaired) electrons. The monoisotopic (exact) mass is 767 g/mol. The molecule has 3 rings (SSSR count). The van der Waals surface area contributed by atoms with E-state index in [9.17, 15) is 46.0 Å². The average molecular weight is 768 g/mol. The van der Waals surface area contributed by atoms with Gasteiger partial charge in [-0.05, 0) is 0 Å². The van der Waals surface area contributed by atoms with Crippen molar-refractivity contribution in [1.29, 1.82) is 0 Å². The molecule has 51 heavy (non-hydrogen) atoms. The van der Waals surface area contributed by atoms with Crippen LogP contribution in [0.2, 0.25) is 0 Å². The number of aliphatic hydroxyl groups excluding tert-OH is 9. The van der Waals surface area contributed by atoms with Crippen LogP contribution in [0.1, 0.15) is 0 Å². The quantitative estimate of drug-likeness (QED) is 0.0522. The van der Waals surface area contributed by atoms with Crippen molar-refractivity contribution in [3.63, 3.8) is 0 Å². The zero-order valence-electron chi connectivity index (χ0n) is 30.1. The van der Waals surface area contributed by atoms with Crippen molar-refractivity contribution in [2.24, 2.45) is 17.8 Å². The maximum Gasteiger partial charge on any atom is 0.126 e. The Hall–Kier alpha value is -0.430. The lowest BCUT2D eigenvalue weighted by molar-refractivity contribution is -0.873. The van der Waals surface area contributed by atoms with Crippen molar-refractivity contribution in [3.05, 3.63) is 0 Å². The molecule has 0 aromatic carbocycles. The van der Waals surface area contributed by atoms with Crippen molar-refractivity contribution < 1.29 is 101 Å². The van der Waals surface area contributed by atoms with Gasteiger partial charge in [-0.3, -0.25) is 0 Å². The Balaban J connectivity index is 0.00000901. The number of methoxy groups -OCH3 is 2. The first-order chi connectivity index (χ1) is 23.7. The van der Waals surface area contributed by atoms with E-state index in [4.69, 9.17) is 37.9 Å². The van der Waals surface area contributed by atoms with E-state index in [2.05, 4.69) is 0 Å². The summed E-state index contributed by atoms with van der Waals surface area (Å²) in [4.78, 5) is 0. The molecular formula is C32H62ClNO17. The molecule has 16 atom stereocenters. The molecule has 3 fully saturated rings. The molecular weight excluding hydrogens is 706 g/mol. The Morgan fingerprint density at radius 3 is 1.29 bits per heavy atom. The van der Waals surface area contributed by atoms with Crippen LogP contribution < -0.4 is 12.4 Å². The van der Waals surface area contributed by atoms with E-state index in [1.54, 1.807) is 0 Å². The first kappa shape index (κ1) is 46.7. The molecule has 0 amide bonds. The van der Waals surface area contributed by atoms with Crippen LogP contribution in [0.25, 0.3) is 0 Å². The fourth-order valence-corrected chi connectivity index (χ4v) is 6.85. The van der Waals surface area contributed by atoms with Crippen molar-refractivity contribution >= 4 is 0 Å². The Bertz CT molecular complexity index is 950. The zero-order chi connectivity index (χ0) is 37.2. The third-order valence-electron chi connectivity index (χ3n) is 9.58. The molecule has 0 saturated carbocycles. The van der Waals surface area contributed by atoms with Crippen LogP contribution in [0, 0.1) is 17.8 Å². The summed E-state index contributed by atoms with van der Waals surface area (Å²) in [5.74, 6) is -2.32. The molecule has 16 unspecified atom stereocenters. The molecule has 3 heterocycles. The van der Waals surface area contributed by atoms with Crippen LogP contribution in [0.4, 0.5) is 0 Å². The van der Waals surface area contributed by atoms with Gasteiger partial charge < -0.3 is 101 Å². The number of nitrogens with zero attached hydrogens (tertiary/aromatic N) is 1. The van der Waals surface area contributed by atoms with Crippen molar-refractivity contribution in [2.45, 2.75) is 79.4 Å². The van der Waals surface area contributed by atoms with Gasteiger partial charge in [-0.2, -0.15) is 0 Å². The van der Waals surface area contributed by atoms with Gasteiger partial charge in [0, 0.05) is 32.0 Å². The zero-order valence-corrected chi connectivity index (χ0v) is 30.9. The molecule has 0 aromatic heterocycles. The van der Waals surface area contributed by atoms with Crippen molar-refractivity contribution in [1.82, 2.24) is 0 Å². The second-order valence-electron chi connectivity index (χ2n) is 14.6. The Labute approximate surface area is 305 Å². The Morgan fingerprint density at radius 1 is 0.510 bits per heavy atom. The third-order valence-corrected chi connectivity index (χ3v) is 9.58. The second kappa shape index (κ2) is 22.2. The smallest absolute Gasteiger partial charge is 0.126 e. The van der Waals surface area contributed by atoms with Gasteiger partial charge >= 0.3 is 0 Å². The third kappa shape index (κ3) is 13.1. The Kier molecular flexibility index (Phi) is 20.3. The van der Waals surface area contributed by atoms with E-state index in [1.165, 1.54) is 14.2 Å². The fourth-order valence-electron chi connectivity index (χ4n) is 6.85. The summed E-state index contributed by atoms with van der Waals surface area (Å²) >= 11 is 0. The minimum atomic E-state index is -1.45. The van der Waals surface area contributed by atoms with E-state index < -0.39 is 110 Å². The van der Waals surface area contributed by atoms with Crippen LogP contribution >= 0.6 is 0 Å². The number of likely N-dealkylation sites (N-methyl/N-ethyl adjacent to an activating group) is 1. The second-order valence-corrected chi connectivity index (χ2v) is 14.6. The normalized spacial score (nSPS) is 39.8. The summed E-state index contributed by atoms with van der Waals surface area (Å²) in [6, 6.07) is 0. The van der Waals surface area contributed by atoms with Gasteiger partial charge in [0.2, 0.25) is 0 Å². The van der Waals surface area contributed by atoms with E-state index in [0.717, 1.165) is 0 Å². The van der Waals surface area contributed by atoms with Gasteiger partial charge in [0.25, 0.3) is 0 Å². The highest BCUT2D eigenvalue weighted by Gasteiger charge is 2.48. The van der Waals surface area contributed by atoms with Crippen LogP contribution in [0.3, 0.4) is 0 Å². The predicted octanol–water partition coefficient (Wildman–Crippen LogP) is -8.30. The van der Waals surface area contributed by atoms with E-state index >= 15 is 0 Å². The first-order valence-electron chi connectivity index (χ1n) is 17.1. The summed E-state index contributed by atoms with van der Waals surface area (Å²) in [5, 5.41) is 94.9. The summed E-state index contributed by atoms with van der Waals surface area (Å²) < 4.78 is 45.7. The molecule has 0 aliphatic carbocycles. The van der Waals surface area contributed by atoms with Gasteiger partial charge in [0.15, 0.2) is 0 Å². The number of ether oxygens (including phenoxy) is 8. The maximum atomic E-state index is 11.3. The van der Waals surface area contributed by atoms with Crippen LogP contribution in [0.5, 0.6) is 0 Å². The largest absolute Gasteiger partial charge is 1.00 e. The highest BCUT2D eigenvalue weighted by Crippen LogP contribution is 2.31. The molecule has 9 N–H and O–H groups in total. The lowest BCUT2D eigenvalue weighted by Gasteiger charge is -2.44. The minimum Gasteiger partial charge on any atom is -1.00 e. The highest BCUT2D eigenvalue weighted by molar-refractivity contribution is 4.95. The topological polar surface area (TPSA) is 256 Å². The number of hydrogen-bond acceptors (Lipinski definition) is 17. The number of halogens is 1. The van der Waals surface area contributed by atoms with Gasteiger partial charge in [0.05, 0.1) is 124 Å². The SMILES string of the molecule is COCC1OC(CO)C(COCC2OC(COCC(O)C[N+](C)(C)C)C(COCC3OC(CO)C(COC)C(O)C3O)C(O)C2O)C(O)C1O.[Cl-]. The molecule has 3 saturated heterocycles. The van der Waals surface area contributed by atoms with Crippen LogP contribution in [-0.2, 0) is 37.9 Å². The lowest BCUT2D eigenvalue weighted by Crippen LogP contribution is -3.00. The number of aliphatic hydroxyl groups is 9. The average Bonchev–Trinajstić information content (AvgIpc) is 3.06. The summed E-state index contributed by atoms with van der Waals surface area (Å²) in [5.41, 5.74) is 0. The summed E-state index contributed by atoms with van der Waals surface area (Å²) in [6.45, 7) is -1.31. The molecule has 0 bridgehead atoms. The van der Waals surface area contributed by atoms with E-state index in [1.807, 2.05) is 21.1 Å². The van der Waals surface area contributed by atoms with Gasteiger partial charge in [-0.1, -0.05) is 0 Å². The number of rotatable bonds is 20. The molecule has 0 spiro atoms. The van der Waals surface area contributed by atoms with Crippen molar-refractivity contribution in [2.75, 3.05) is 108 Å². The maximum absolute atomic E-state index is 11.3. The highest BCUT2D eigenvalue weighted by atomic mass is 35.5. The van der Waals surface area contributed by atoms with E-state index in [-0.39, 0.29) is 65.3 Å². The van der Waals surface area contributed by atoms with Gasteiger partial charge in [-0.25, -0.2) is 0 Å². The summed E-state index contributed by atoms with van der Waals surface area (Å²) in [6.07, 6.45) is -14.2. The first-order valence-corrected chi connectivity index (χ1v) is 17.1. The van der Waals surface area contributed by atoms with Gasteiger partial charge in [0.1, 0.15) is 49.3 Å². The standard InChI is InChI=1S/C32H62NO17.ClH/c1-33(2,3)6-17(36)9-45-14-23-20(12-47-15-25-31(41)27(37)18(10-43-4)21(7-34)49-25)29(39)32(42)26(50-23)16-46-11-19-22(8-35)48-24(13-44-5)30(40)28(19)38;/h17-32,34-42H,6-16H2,1-5H3;1H/q+1;/p-1. The molecule has 304 valence electrons. The molecule has 18 nitrogen and oxygen atoms in total. The molecule has 0 aromatic rings. The van der Waals surface area contributed by atoms with Crippen LogP contribution in [-0.4, -0.2) is 238 Å². The molecule has 3 aliphatic heterocycles. The number of quaternary nitrogens is 1. The Morgan fingerprint density at radius 2 is 0.882 bits per heavy atom. The summed E-state index contributed by atoms with van der Waals surface area (Å²) in [7, 11) is 8.63. The minimum absolute atomic E-state index is 0.